The van der Waals surface area contributed by atoms with Gasteiger partial charge in [0.2, 0.25) is 0 Å². The molecule has 0 unspecified atom stereocenters. The summed E-state index contributed by atoms with van der Waals surface area (Å²) in [6.07, 6.45) is 0. The van der Waals surface area contributed by atoms with Crippen molar-refractivity contribution >= 4 is 90.1 Å². The van der Waals surface area contributed by atoms with Crippen LogP contribution in [-0.2, 0) is 13.7 Å². The van der Waals surface area contributed by atoms with Crippen molar-refractivity contribution in [3.05, 3.63) is 0 Å². The molecule has 18 heteroatoms. The van der Waals surface area contributed by atoms with E-state index in [1.54, 1.807) is 0 Å². The quantitative estimate of drug-likeness (QED) is 0.202. The average Bonchev–Trinajstić information content (AvgIpc) is 2.21. The molecule has 0 spiro atoms. The van der Waals surface area contributed by atoms with Crippen LogP contribution < -0.4 is 37.7 Å². The molecule has 0 aromatic rings. The van der Waals surface area contributed by atoms with Crippen molar-refractivity contribution in [1.29, 1.82) is 0 Å². The van der Waals surface area contributed by atoms with E-state index >= 15 is 0 Å². The van der Waals surface area contributed by atoms with E-state index in [2.05, 4.69) is 79.0 Å². The monoisotopic (exact) mass is 951 g/mol. The van der Waals surface area contributed by atoms with Crippen molar-refractivity contribution in [3.8, 4) is 0 Å². The standard InChI is InChI=1S/CH5O4P.CH4O.2Ar.I3.I2.H3O4P/c1-5-6(2,3)4;1-2;;;1-3-2;1-2;1-5(2,3)4/h1H3,(H2,2,3,4);2H,1H3;;;;;(H3,1,2,3,4)/q;;;;-1;;/p-5. The van der Waals surface area contributed by atoms with E-state index in [4.69, 9.17) is 24.4 Å². The Kier molecular flexibility index (Phi) is 82.1. The Bertz CT molecular complexity index is 204. The van der Waals surface area contributed by atoms with Crippen molar-refractivity contribution < 1.29 is 132 Å². The number of phosphoric ester groups is 1. The molecule has 0 radical (unpaired) electrons. The van der Waals surface area contributed by atoms with E-state index in [1.165, 1.54) is 0 Å². The first-order valence-electron chi connectivity index (χ1n) is 2.74. The van der Waals surface area contributed by atoms with Gasteiger partial charge in [-0.15, -0.1) is 0 Å². The summed E-state index contributed by atoms with van der Waals surface area (Å²) in [6, 6.07) is 0. The van der Waals surface area contributed by atoms with Crippen LogP contribution in [0.5, 0.6) is 0 Å². The molecule has 0 heterocycles. The van der Waals surface area contributed by atoms with Crippen molar-refractivity contribution in [1.82, 2.24) is 0 Å². The van der Waals surface area contributed by atoms with Crippen LogP contribution in [0.1, 0.15) is 0 Å². The third-order valence-electron chi connectivity index (χ3n) is 0.224. The topological polar surface area (TPSA) is 179 Å². The summed E-state index contributed by atoms with van der Waals surface area (Å²) in [5, 5.41) is 7.00. The Balaban J connectivity index is -0.0000000222. The SMILES string of the molecule is CO.COP(=O)([O-])[O-].II.I[I-]I.O=P([O-])([O-])[O-].[Ar].[Ar]. The molecule has 0 saturated heterocycles. The molecule has 9 nitrogen and oxygen atoms in total. The molecule has 136 valence electrons. The van der Waals surface area contributed by atoms with E-state index < -0.39 is 15.6 Å². The molecule has 0 atom stereocenters. The van der Waals surface area contributed by atoms with E-state index in [1.807, 2.05) is 0 Å². The number of halogens is 5. The molecule has 0 rings (SSSR count). The van der Waals surface area contributed by atoms with E-state index in [-0.39, 0.29) is 75.5 Å². The number of aliphatic hydroxyl groups is 1. The van der Waals surface area contributed by atoms with Crippen LogP contribution in [0.2, 0.25) is 0 Å². The van der Waals surface area contributed by atoms with Gasteiger partial charge in [0.05, 0.1) is 7.82 Å². The van der Waals surface area contributed by atoms with Crippen LogP contribution in [0.15, 0.2) is 0 Å². The van der Waals surface area contributed by atoms with Gasteiger partial charge in [0.15, 0.2) is 0 Å². The maximum absolute atomic E-state index is 9.25. The van der Waals surface area contributed by atoms with Crippen LogP contribution >= 0.6 is 90.1 Å². The van der Waals surface area contributed by atoms with Gasteiger partial charge in [0.1, 0.15) is 0 Å². The Morgan fingerprint density at radius 2 is 1.00 bits per heavy atom. The van der Waals surface area contributed by atoms with Gasteiger partial charge in [0.25, 0.3) is 0 Å². The largest absolute Gasteiger partial charge is 0.822 e. The summed E-state index contributed by atoms with van der Waals surface area (Å²) in [5.41, 5.74) is 0. The molecule has 0 aromatic heterocycles. The van der Waals surface area contributed by atoms with Crippen LogP contribution in [0, 0.1) is 75.5 Å². The van der Waals surface area contributed by atoms with Crippen LogP contribution in [0.4, 0.5) is 0 Å². The summed E-state index contributed by atoms with van der Waals surface area (Å²) < 4.78 is 21.2. The van der Waals surface area contributed by atoms with Gasteiger partial charge in [-0.1, -0.05) is 0 Å². The first-order chi connectivity index (χ1) is 7.97. The maximum Gasteiger partial charge on any atom is 0 e. The van der Waals surface area contributed by atoms with Crippen molar-refractivity contribution in [2.75, 3.05) is 14.2 Å². The minimum absolute atomic E-state index is 0. The fourth-order valence-electron chi connectivity index (χ4n) is 0. The van der Waals surface area contributed by atoms with Crippen LogP contribution in [0.25, 0.3) is 0 Å². The molecule has 0 fully saturated rings. The molecule has 0 aliphatic heterocycles. The summed E-state index contributed by atoms with van der Waals surface area (Å²) >= 11 is 9.54. The predicted molar refractivity (Wildman–Crippen MR) is 86.4 cm³/mol. The van der Waals surface area contributed by atoms with Gasteiger partial charge in [-0.25, -0.2) is 0 Å². The van der Waals surface area contributed by atoms with Crippen LogP contribution in [-0.4, -0.2) is 19.3 Å². The molecule has 0 bridgehead atoms. The third kappa shape index (κ3) is 152. The molecule has 0 aliphatic rings. The molecule has 0 amide bonds. The van der Waals surface area contributed by atoms with E-state index in [0.29, 0.717) is 13.3 Å². The van der Waals surface area contributed by atoms with Crippen LogP contribution in [0.3, 0.4) is 0 Å². The Morgan fingerprint density at radius 3 is 1.00 bits per heavy atom. The van der Waals surface area contributed by atoms with Crippen molar-refractivity contribution in [3.63, 3.8) is 0 Å². The van der Waals surface area contributed by atoms with Gasteiger partial charge in [0, 0.05) is 127 Å². The van der Waals surface area contributed by atoms with Crippen molar-refractivity contribution in [2.24, 2.45) is 0 Å². The zero-order valence-corrected chi connectivity index (χ0v) is 23.2. The minimum Gasteiger partial charge on any atom is -0.822 e. The fraction of sp³-hybridized carbons (Fsp3) is 1.00. The third-order valence-corrected chi connectivity index (χ3v) is 0.671. The zero-order valence-electron chi connectivity index (χ0n) is 9.20. The smallest absolute Gasteiger partial charge is 0 e. The number of aliphatic hydroxyl groups excluding tert-OH is 1. The normalized spacial score (nSPS) is 8.20. The minimum atomic E-state index is -5.39. The summed E-state index contributed by atoms with van der Waals surface area (Å²) in [7, 11) is -8.22. The Labute approximate surface area is 230 Å². The first kappa shape index (κ1) is 45.2. The Hall–Kier alpha value is 6.35. The number of phosphoric acid groups is 2. The Morgan fingerprint density at radius 1 is 0.950 bits per heavy atom. The second-order valence-corrected chi connectivity index (χ2v) is 19.5. The van der Waals surface area contributed by atoms with Gasteiger partial charge < -0.3 is 43.2 Å². The predicted octanol–water partition coefficient (Wildman–Crippen LogP) is -4.21. The van der Waals surface area contributed by atoms with Gasteiger partial charge in [-0.05, 0) is 0 Å². The first-order valence-corrected chi connectivity index (χ1v) is 24.5. The van der Waals surface area contributed by atoms with Gasteiger partial charge in [-0.2, -0.15) is 7.82 Å². The molecule has 1 N–H and O–H groups in total. The zero-order chi connectivity index (χ0) is 16.4. The van der Waals surface area contributed by atoms with Gasteiger partial charge >= 0.3 is 50.5 Å². The number of hydrogen-bond donors (Lipinski definition) is 1. The maximum atomic E-state index is 9.25. The van der Waals surface area contributed by atoms with Crippen molar-refractivity contribution in [2.45, 2.75) is 0 Å². The molecular weight excluding hydrogens is 944 g/mol. The van der Waals surface area contributed by atoms with Gasteiger partial charge in [-0.3, -0.25) is 0 Å². The summed E-state index contributed by atoms with van der Waals surface area (Å²) in [5.74, 6) is 0. The average molecular weight is 951 g/mol. The number of rotatable bonds is 1. The summed E-state index contributed by atoms with van der Waals surface area (Å²) in [6.45, 7) is 0. The molecule has 0 saturated carbocycles. The second kappa shape index (κ2) is 36.3. The molecule has 0 aromatic carbocycles. The van der Waals surface area contributed by atoms with E-state index in [0.717, 1.165) is 14.2 Å². The number of hydrogen-bond acceptors (Lipinski definition) is 9. The molecular formula is C2H7Ar2I5O9P2-6. The molecule has 0 aliphatic carbocycles. The second-order valence-electron chi connectivity index (χ2n) is 1.13. The summed E-state index contributed by atoms with van der Waals surface area (Å²) in [4.78, 5) is 44.1. The van der Waals surface area contributed by atoms with E-state index in [9.17, 15) is 14.4 Å². The molecule has 20 heavy (non-hydrogen) atoms. The fourth-order valence-corrected chi connectivity index (χ4v) is 0.